The van der Waals surface area contributed by atoms with Gasteiger partial charge in [-0.05, 0) is 24.3 Å². The van der Waals surface area contributed by atoms with Crippen molar-refractivity contribution in [1.29, 1.82) is 0 Å². The van der Waals surface area contributed by atoms with Gasteiger partial charge in [-0.15, -0.1) is 0 Å². The SMILES string of the molecule is O=C(NCCO)[C@@H]1C[C@H](CN2CCOCC2)CN(CCc2ccccc2)C1. The summed E-state index contributed by atoms with van der Waals surface area (Å²) in [6.07, 6.45) is 1.94. The fourth-order valence-corrected chi connectivity index (χ4v) is 4.21. The third-order valence-corrected chi connectivity index (χ3v) is 5.57. The van der Waals surface area contributed by atoms with Crippen molar-refractivity contribution in [2.75, 3.05) is 65.6 Å². The summed E-state index contributed by atoms with van der Waals surface area (Å²) in [5, 5.41) is 11.9. The van der Waals surface area contributed by atoms with Crippen molar-refractivity contribution < 1.29 is 14.6 Å². The first-order valence-corrected chi connectivity index (χ1v) is 10.2. The Morgan fingerprint density at radius 1 is 1.15 bits per heavy atom. The lowest BCUT2D eigenvalue weighted by Gasteiger charge is -2.40. The van der Waals surface area contributed by atoms with Gasteiger partial charge in [-0.2, -0.15) is 0 Å². The highest BCUT2D eigenvalue weighted by molar-refractivity contribution is 5.79. The maximum atomic E-state index is 12.5. The van der Waals surface area contributed by atoms with Crippen molar-refractivity contribution in [2.45, 2.75) is 12.8 Å². The van der Waals surface area contributed by atoms with Gasteiger partial charge in [-0.25, -0.2) is 0 Å². The summed E-state index contributed by atoms with van der Waals surface area (Å²) in [5.41, 5.74) is 1.34. The first-order valence-electron chi connectivity index (χ1n) is 10.2. The first-order chi connectivity index (χ1) is 13.2. The number of carbonyl (C=O) groups is 1. The highest BCUT2D eigenvalue weighted by Gasteiger charge is 2.32. The Hall–Kier alpha value is -1.47. The van der Waals surface area contributed by atoms with E-state index in [0.29, 0.717) is 12.5 Å². The quantitative estimate of drug-likeness (QED) is 0.697. The van der Waals surface area contributed by atoms with Gasteiger partial charge >= 0.3 is 0 Å². The van der Waals surface area contributed by atoms with Crippen LogP contribution in [-0.2, 0) is 16.0 Å². The zero-order valence-corrected chi connectivity index (χ0v) is 16.2. The van der Waals surface area contributed by atoms with E-state index in [4.69, 9.17) is 9.84 Å². The van der Waals surface area contributed by atoms with Crippen molar-refractivity contribution in [1.82, 2.24) is 15.1 Å². The molecule has 27 heavy (non-hydrogen) atoms. The number of nitrogens with zero attached hydrogens (tertiary/aromatic N) is 2. The largest absolute Gasteiger partial charge is 0.395 e. The fourth-order valence-electron chi connectivity index (χ4n) is 4.21. The second-order valence-electron chi connectivity index (χ2n) is 7.72. The van der Waals surface area contributed by atoms with Gasteiger partial charge in [-0.1, -0.05) is 30.3 Å². The number of aliphatic hydroxyl groups excluding tert-OH is 1. The first kappa shape index (κ1) is 20.3. The molecule has 2 saturated heterocycles. The number of benzene rings is 1. The van der Waals surface area contributed by atoms with Crippen LogP contribution in [0.15, 0.2) is 30.3 Å². The molecule has 0 spiro atoms. The molecule has 0 aromatic heterocycles. The standard InChI is InChI=1S/C21H33N3O3/c25-11-7-22-21(26)20-14-19(15-23-9-12-27-13-10-23)16-24(17-20)8-6-18-4-2-1-3-5-18/h1-5,19-20,25H,6-17H2,(H,22,26)/t19-,20-/m1/s1. The molecule has 2 fully saturated rings. The van der Waals surface area contributed by atoms with Gasteiger partial charge in [0.15, 0.2) is 0 Å². The Balaban J connectivity index is 1.57. The fraction of sp³-hybridized carbons (Fsp3) is 0.667. The number of piperidine rings is 1. The number of nitrogens with one attached hydrogen (secondary N) is 1. The van der Waals surface area contributed by atoms with E-state index < -0.39 is 0 Å². The molecule has 2 aliphatic rings. The Labute approximate surface area is 162 Å². The molecular weight excluding hydrogens is 342 g/mol. The third kappa shape index (κ3) is 6.57. The molecule has 150 valence electrons. The van der Waals surface area contributed by atoms with E-state index in [0.717, 1.165) is 65.3 Å². The summed E-state index contributed by atoms with van der Waals surface area (Å²) in [4.78, 5) is 17.5. The van der Waals surface area contributed by atoms with E-state index in [1.807, 2.05) is 6.07 Å². The third-order valence-electron chi connectivity index (χ3n) is 5.57. The van der Waals surface area contributed by atoms with Gasteiger partial charge < -0.3 is 20.1 Å². The van der Waals surface area contributed by atoms with E-state index in [1.54, 1.807) is 0 Å². The second-order valence-corrected chi connectivity index (χ2v) is 7.72. The number of morpholine rings is 1. The van der Waals surface area contributed by atoms with Crippen LogP contribution in [0.3, 0.4) is 0 Å². The lowest BCUT2D eigenvalue weighted by atomic mass is 9.87. The van der Waals surface area contributed by atoms with Gasteiger partial charge in [0.1, 0.15) is 0 Å². The second kappa shape index (κ2) is 10.8. The Morgan fingerprint density at radius 3 is 2.67 bits per heavy atom. The topological polar surface area (TPSA) is 65.0 Å². The van der Waals surface area contributed by atoms with Gasteiger partial charge in [0.05, 0.1) is 25.7 Å². The summed E-state index contributed by atoms with van der Waals surface area (Å²) >= 11 is 0. The van der Waals surface area contributed by atoms with Crippen molar-refractivity contribution in [2.24, 2.45) is 11.8 Å². The molecule has 1 aromatic rings. The zero-order valence-electron chi connectivity index (χ0n) is 16.2. The van der Waals surface area contributed by atoms with Crippen molar-refractivity contribution in [3.05, 3.63) is 35.9 Å². The van der Waals surface area contributed by atoms with Crippen molar-refractivity contribution >= 4 is 5.91 Å². The number of hydrogen-bond acceptors (Lipinski definition) is 5. The Kier molecular flexibility index (Phi) is 8.08. The average molecular weight is 376 g/mol. The summed E-state index contributed by atoms with van der Waals surface area (Å²) in [5.74, 6) is 0.588. The zero-order chi connectivity index (χ0) is 18.9. The van der Waals surface area contributed by atoms with Gasteiger partial charge in [0.25, 0.3) is 0 Å². The van der Waals surface area contributed by atoms with Gasteiger partial charge in [-0.3, -0.25) is 9.69 Å². The molecule has 2 N–H and O–H groups in total. The molecule has 0 radical (unpaired) electrons. The Morgan fingerprint density at radius 2 is 1.93 bits per heavy atom. The lowest BCUT2D eigenvalue weighted by Crippen LogP contribution is -2.50. The summed E-state index contributed by atoms with van der Waals surface area (Å²) in [6, 6.07) is 10.5. The molecule has 0 aliphatic carbocycles. The molecule has 0 unspecified atom stereocenters. The molecule has 3 rings (SSSR count). The molecule has 1 amide bonds. The molecule has 2 heterocycles. The van der Waals surface area contributed by atoms with Crippen LogP contribution in [0.25, 0.3) is 0 Å². The minimum Gasteiger partial charge on any atom is -0.395 e. The van der Waals surface area contributed by atoms with Crippen LogP contribution in [0.4, 0.5) is 0 Å². The van der Waals surface area contributed by atoms with Crippen LogP contribution >= 0.6 is 0 Å². The minimum absolute atomic E-state index is 0.00656. The maximum Gasteiger partial charge on any atom is 0.224 e. The molecule has 1 aromatic carbocycles. The molecular formula is C21H33N3O3. The van der Waals surface area contributed by atoms with E-state index in [2.05, 4.69) is 39.4 Å². The van der Waals surface area contributed by atoms with Crippen LogP contribution in [0.5, 0.6) is 0 Å². The number of carbonyl (C=O) groups excluding carboxylic acids is 1. The normalized spacial score (nSPS) is 24.6. The summed E-state index contributed by atoms with van der Waals surface area (Å²) < 4.78 is 5.46. The molecule has 6 heteroatoms. The average Bonchev–Trinajstić information content (AvgIpc) is 2.72. The Bertz CT molecular complexity index is 563. The van der Waals surface area contributed by atoms with Crippen LogP contribution in [-0.4, -0.2) is 86.4 Å². The highest BCUT2D eigenvalue weighted by Crippen LogP contribution is 2.24. The van der Waals surface area contributed by atoms with E-state index >= 15 is 0 Å². The van der Waals surface area contributed by atoms with Crippen molar-refractivity contribution in [3.8, 4) is 0 Å². The van der Waals surface area contributed by atoms with E-state index in [1.165, 1.54) is 5.56 Å². The van der Waals surface area contributed by atoms with Crippen LogP contribution in [0.2, 0.25) is 0 Å². The molecule has 6 nitrogen and oxygen atoms in total. The predicted molar refractivity (Wildman–Crippen MR) is 106 cm³/mol. The molecule has 2 atom stereocenters. The number of ether oxygens (including phenoxy) is 1. The number of rotatable bonds is 8. The smallest absolute Gasteiger partial charge is 0.224 e. The number of aliphatic hydroxyl groups is 1. The summed E-state index contributed by atoms with van der Waals surface area (Å²) in [6.45, 7) is 7.81. The summed E-state index contributed by atoms with van der Waals surface area (Å²) in [7, 11) is 0. The monoisotopic (exact) mass is 375 g/mol. The molecule has 2 aliphatic heterocycles. The van der Waals surface area contributed by atoms with Crippen molar-refractivity contribution in [3.63, 3.8) is 0 Å². The lowest BCUT2D eigenvalue weighted by molar-refractivity contribution is -0.127. The van der Waals surface area contributed by atoms with Crippen LogP contribution in [0.1, 0.15) is 12.0 Å². The van der Waals surface area contributed by atoms with E-state index in [9.17, 15) is 4.79 Å². The van der Waals surface area contributed by atoms with E-state index in [-0.39, 0.29) is 18.4 Å². The van der Waals surface area contributed by atoms with Crippen LogP contribution < -0.4 is 5.32 Å². The highest BCUT2D eigenvalue weighted by atomic mass is 16.5. The predicted octanol–water partition coefficient (Wildman–Crippen LogP) is 0.608. The van der Waals surface area contributed by atoms with Gasteiger partial charge in [0, 0.05) is 45.8 Å². The maximum absolute atomic E-state index is 12.5. The number of hydrogen-bond donors (Lipinski definition) is 2. The molecule has 0 saturated carbocycles. The minimum atomic E-state index is -0.00656. The molecule has 0 bridgehead atoms. The van der Waals surface area contributed by atoms with Gasteiger partial charge in [0.2, 0.25) is 5.91 Å². The van der Waals surface area contributed by atoms with Crippen LogP contribution in [0, 0.1) is 11.8 Å². The number of amides is 1. The number of likely N-dealkylation sites (tertiary alicyclic amines) is 1.